The second-order valence-corrected chi connectivity index (χ2v) is 6.28. The van der Waals surface area contributed by atoms with Gasteiger partial charge in [-0.2, -0.15) is 0 Å². The Labute approximate surface area is 136 Å². The van der Waals surface area contributed by atoms with Gasteiger partial charge in [0.1, 0.15) is 5.76 Å². The van der Waals surface area contributed by atoms with E-state index >= 15 is 0 Å². The van der Waals surface area contributed by atoms with Crippen molar-refractivity contribution in [3.05, 3.63) is 32.9 Å². The fourth-order valence-electron chi connectivity index (χ4n) is 1.70. The first-order valence-electron chi connectivity index (χ1n) is 6.17. The van der Waals surface area contributed by atoms with Gasteiger partial charge in [0.2, 0.25) is 0 Å². The van der Waals surface area contributed by atoms with Crippen LogP contribution in [0.5, 0.6) is 0 Å². The highest BCUT2D eigenvalue weighted by atomic mass is 79.9. The molecule has 1 aromatic heterocycles. The van der Waals surface area contributed by atoms with Gasteiger partial charge in [0.15, 0.2) is 3.92 Å². The molecule has 0 spiro atoms. The number of hydrogen-bond donors (Lipinski definition) is 0. The minimum atomic E-state index is -0.457. The first-order valence-corrected chi connectivity index (χ1v) is 7.84. The average molecular weight is 376 g/mol. The molecule has 0 N–H and O–H groups in total. The van der Waals surface area contributed by atoms with Crippen LogP contribution in [0.15, 0.2) is 27.2 Å². The standard InChI is InChI=1S/C14H18BrNO4S/c1-9(12(19-3)7-13(17)20-4)11(18-2)6-5-10-8-21-14(15)16-10/h5-9,11H,1-4H3/b6-5+,12-7-/t9-,11+/m1/s1. The number of aromatic nitrogens is 1. The summed E-state index contributed by atoms with van der Waals surface area (Å²) in [4.78, 5) is 15.6. The Kier molecular flexibility index (Phi) is 7.63. The quantitative estimate of drug-likeness (QED) is 0.415. The molecule has 0 aliphatic rings. The van der Waals surface area contributed by atoms with Crippen molar-refractivity contribution < 1.29 is 19.0 Å². The number of halogens is 1. The highest BCUT2D eigenvalue weighted by Gasteiger charge is 2.20. The van der Waals surface area contributed by atoms with E-state index in [0.29, 0.717) is 5.76 Å². The largest absolute Gasteiger partial charge is 0.500 e. The molecule has 1 aromatic rings. The zero-order chi connectivity index (χ0) is 15.8. The van der Waals surface area contributed by atoms with E-state index in [-0.39, 0.29) is 12.0 Å². The summed E-state index contributed by atoms with van der Waals surface area (Å²) in [5, 5.41) is 1.93. The fourth-order valence-corrected chi connectivity index (χ4v) is 2.69. The van der Waals surface area contributed by atoms with E-state index in [0.717, 1.165) is 9.61 Å². The van der Waals surface area contributed by atoms with E-state index in [2.05, 4.69) is 25.7 Å². The lowest BCUT2D eigenvalue weighted by molar-refractivity contribution is -0.135. The molecular weight excluding hydrogens is 358 g/mol. The number of hydrogen-bond acceptors (Lipinski definition) is 6. The van der Waals surface area contributed by atoms with Crippen molar-refractivity contribution in [3.63, 3.8) is 0 Å². The van der Waals surface area contributed by atoms with Gasteiger partial charge in [-0.1, -0.05) is 13.0 Å². The number of thiazole rings is 1. The van der Waals surface area contributed by atoms with Crippen LogP contribution in [0.2, 0.25) is 0 Å². The van der Waals surface area contributed by atoms with Crippen LogP contribution in [0.1, 0.15) is 12.6 Å². The minimum absolute atomic E-state index is 0.141. The summed E-state index contributed by atoms with van der Waals surface area (Å²) in [6, 6.07) is 0. The predicted octanol–water partition coefficient (Wildman–Crippen LogP) is 3.27. The van der Waals surface area contributed by atoms with Crippen LogP contribution in [-0.2, 0) is 19.0 Å². The lowest BCUT2D eigenvalue weighted by Crippen LogP contribution is -2.21. The molecule has 0 aliphatic heterocycles. The van der Waals surface area contributed by atoms with Gasteiger partial charge in [-0.05, 0) is 22.0 Å². The van der Waals surface area contributed by atoms with Crippen LogP contribution in [-0.4, -0.2) is 38.4 Å². The van der Waals surface area contributed by atoms with Gasteiger partial charge < -0.3 is 14.2 Å². The van der Waals surface area contributed by atoms with E-state index < -0.39 is 5.97 Å². The molecule has 0 fully saturated rings. The van der Waals surface area contributed by atoms with E-state index in [4.69, 9.17) is 9.47 Å². The summed E-state index contributed by atoms with van der Waals surface area (Å²) in [5.74, 6) is -0.101. The number of rotatable bonds is 7. The van der Waals surface area contributed by atoms with Crippen molar-refractivity contribution >= 4 is 39.3 Å². The van der Waals surface area contributed by atoms with Crippen LogP contribution < -0.4 is 0 Å². The van der Waals surface area contributed by atoms with E-state index in [9.17, 15) is 4.79 Å². The third-order valence-corrected chi connectivity index (χ3v) is 4.24. The van der Waals surface area contributed by atoms with Gasteiger partial charge in [-0.25, -0.2) is 9.78 Å². The summed E-state index contributed by atoms with van der Waals surface area (Å²) in [7, 11) is 4.44. The second-order valence-electron chi connectivity index (χ2n) is 4.15. The van der Waals surface area contributed by atoms with Crippen molar-refractivity contribution in [2.45, 2.75) is 13.0 Å². The molecule has 0 saturated carbocycles. The summed E-state index contributed by atoms with van der Waals surface area (Å²) in [6.45, 7) is 1.91. The molecule has 0 bridgehead atoms. The average Bonchev–Trinajstić information content (AvgIpc) is 2.90. The molecule has 116 valence electrons. The topological polar surface area (TPSA) is 57.7 Å². The number of nitrogens with zero attached hydrogens (tertiary/aromatic N) is 1. The van der Waals surface area contributed by atoms with Gasteiger partial charge in [-0.15, -0.1) is 11.3 Å². The van der Waals surface area contributed by atoms with Crippen LogP contribution in [0, 0.1) is 5.92 Å². The van der Waals surface area contributed by atoms with Gasteiger partial charge in [-0.3, -0.25) is 0 Å². The van der Waals surface area contributed by atoms with Gasteiger partial charge in [0, 0.05) is 18.4 Å². The SMILES string of the molecule is COC(=O)/C=C(\OC)[C@H](C)[C@H](/C=C/c1csc(Br)n1)OC. The molecule has 0 unspecified atom stereocenters. The number of carbonyl (C=O) groups is 1. The predicted molar refractivity (Wildman–Crippen MR) is 85.9 cm³/mol. The maximum Gasteiger partial charge on any atom is 0.333 e. The lowest BCUT2D eigenvalue weighted by Gasteiger charge is -2.21. The van der Waals surface area contributed by atoms with Crippen LogP contribution in [0.4, 0.5) is 0 Å². The van der Waals surface area contributed by atoms with Crippen molar-refractivity contribution in [1.82, 2.24) is 4.98 Å². The summed E-state index contributed by atoms with van der Waals surface area (Å²) >= 11 is 4.83. The molecule has 7 heteroatoms. The zero-order valence-corrected chi connectivity index (χ0v) is 14.7. The third-order valence-electron chi connectivity index (χ3n) is 2.86. The molecule has 5 nitrogen and oxygen atoms in total. The fraction of sp³-hybridized carbons (Fsp3) is 0.429. The Morgan fingerprint density at radius 1 is 1.38 bits per heavy atom. The monoisotopic (exact) mass is 375 g/mol. The molecule has 21 heavy (non-hydrogen) atoms. The number of methoxy groups -OCH3 is 3. The van der Waals surface area contributed by atoms with Crippen LogP contribution in [0.3, 0.4) is 0 Å². The molecule has 0 aromatic carbocycles. The Morgan fingerprint density at radius 2 is 2.10 bits per heavy atom. The van der Waals surface area contributed by atoms with Crippen molar-refractivity contribution in [1.29, 1.82) is 0 Å². The number of carbonyl (C=O) groups excluding carboxylic acids is 1. The number of ether oxygens (including phenoxy) is 3. The van der Waals surface area contributed by atoms with Crippen LogP contribution >= 0.6 is 27.3 Å². The normalized spacial score (nSPS) is 15.0. The zero-order valence-electron chi connectivity index (χ0n) is 12.3. The third kappa shape index (κ3) is 5.61. The lowest BCUT2D eigenvalue weighted by atomic mass is 10.0. The second kappa shape index (κ2) is 8.96. The first kappa shape index (κ1) is 17.9. The molecule has 0 aliphatic carbocycles. The van der Waals surface area contributed by atoms with Crippen molar-refractivity contribution in [3.8, 4) is 0 Å². The number of esters is 1. The van der Waals surface area contributed by atoms with Gasteiger partial charge in [0.25, 0.3) is 0 Å². The summed E-state index contributed by atoms with van der Waals surface area (Å²) < 4.78 is 16.1. The van der Waals surface area contributed by atoms with Crippen molar-refractivity contribution in [2.75, 3.05) is 21.3 Å². The molecule has 0 amide bonds. The Bertz CT molecular complexity index is 527. The molecule has 0 radical (unpaired) electrons. The van der Waals surface area contributed by atoms with Gasteiger partial charge >= 0.3 is 5.97 Å². The molecular formula is C14H18BrNO4S. The highest BCUT2D eigenvalue weighted by molar-refractivity contribution is 9.11. The smallest absolute Gasteiger partial charge is 0.333 e. The van der Waals surface area contributed by atoms with E-state index in [1.165, 1.54) is 31.6 Å². The van der Waals surface area contributed by atoms with E-state index in [1.54, 1.807) is 7.11 Å². The van der Waals surface area contributed by atoms with Crippen LogP contribution in [0.25, 0.3) is 6.08 Å². The van der Waals surface area contributed by atoms with Crippen molar-refractivity contribution in [2.24, 2.45) is 5.92 Å². The highest BCUT2D eigenvalue weighted by Crippen LogP contribution is 2.21. The molecule has 0 saturated heterocycles. The molecule has 1 rings (SSSR count). The minimum Gasteiger partial charge on any atom is -0.500 e. The maximum absolute atomic E-state index is 11.3. The Balaban J connectivity index is 2.84. The Morgan fingerprint density at radius 3 is 2.57 bits per heavy atom. The maximum atomic E-state index is 11.3. The summed E-state index contributed by atoms with van der Waals surface area (Å²) in [6.07, 6.45) is 4.83. The Hall–Kier alpha value is -1.18. The molecule has 1 heterocycles. The first-order chi connectivity index (χ1) is 10.0. The molecule has 2 atom stereocenters. The van der Waals surface area contributed by atoms with E-state index in [1.807, 2.05) is 24.5 Å². The summed E-state index contributed by atoms with van der Waals surface area (Å²) in [5.41, 5.74) is 0.844. The van der Waals surface area contributed by atoms with Gasteiger partial charge in [0.05, 0.1) is 32.1 Å².